The van der Waals surface area contributed by atoms with E-state index in [2.05, 4.69) is 24.0 Å². The zero-order valence-corrected chi connectivity index (χ0v) is 9.10. The molecular weight excluding hydrogens is 208 g/mol. The van der Waals surface area contributed by atoms with E-state index in [1.54, 1.807) is 0 Å². The lowest BCUT2D eigenvalue weighted by atomic mass is 10.0. The van der Waals surface area contributed by atoms with Gasteiger partial charge in [-0.3, -0.25) is 0 Å². The molecule has 1 aliphatic heterocycles. The second-order valence-corrected chi connectivity index (χ2v) is 4.11. The molecule has 0 atom stereocenters. The summed E-state index contributed by atoms with van der Waals surface area (Å²) >= 11 is 0. The molecule has 0 unspecified atom stereocenters. The minimum Gasteiger partial charge on any atom is -0.381 e. The van der Waals surface area contributed by atoms with E-state index in [1.807, 2.05) is 6.07 Å². The van der Waals surface area contributed by atoms with Gasteiger partial charge in [0.2, 0.25) is 6.43 Å². The fraction of sp³-hybridized carbons (Fsp3) is 0.385. The molecule has 0 saturated carbocycles. The van der Waals surface area contributed by atoms with Gasteiger partial charge in [0.05, 0.1) is 0 Å². The van der Waals surface area contributed by atoms with Crippen LogP contribution in [0.2, 0.25) is 0 Å². The van der Waals surface area contributed by atoms with Crippen LogP contribution in [0.4, 0.5) is 8.78 Å². The van der Waals surface area contributed by atoms with Gasteiger partial charge >= 0.3 is 0 Å². The van der Waals surface area contributed by atoms with Gasteiger partial charge < -0.3 is 5.32 Å². The molecule has 1 aromatic rings. The lowest BCUT2D eigenvalue weighted by Gasteiger charge is -2.04. The summed E-state index contributed by atoms with van der Waals surface area (Å²) in [6.45, 7) is 4.74. The number of benzene rings is 1. The van der Waals surface area contributed by atoms with Gasteiger partial charge in [0.15, 0.2) is 0 Å². The van der Waals surface area contributed by atoms with Gasteiger partial charge in [0, 0.05) is 24.2 Å². The average molecular weight is 223 g/mol. The van der Waals surface area contributed by atoms with E-state index in [1.165, 1.54) is 5.56 Å². The van der Waals surface area contributed by atoms with Crippen molar-refractivity contribution in [1.29, 1.82) is 0 Å². The molecule has 0 amide bonds. The Morgan fingerprint density at radius 1 is 1.38 bits per heavy atom. The molecule has 1 heterocycles. The third-order valence-electron chi connectivity index (χ3n) is 2.88. The van der Waals surface area contributed by atoms with Crippen molar-refractivity contribution in [2.45, 2.75) is 32.2 Å². The first-order valence-corrected chi connectivity index (χ1v) is 5.50. The highest BCUT2D eigenvalue weighted by atomic mass is 19.3. The summed E-state index contributed by atoms with van der Waals surface area (Å²) in [4.78, 5) is 0. The maximum absolute atomic E-state index is 12.0. The Morgan fingerprint density at radius 3 is 2.94 bits per heavy atom. The fourth-order valence-electron chi connectivity index (χ4n) is 1.97. The number of hydrogen-bond acceptors (Lipinski definition) is 1. The Labute approximate surface area is 94.2 Å². The quantitative estimate of drug-likeness (QED) is 0.825. The molecule has 0 spiro atoms. The van der Waals surface area contributed by atoms with E-state index in [0.717, 1.165) is 23.4 Å². The van der Waals surface area contributed by atoms with Crippen molar-refractivity contribution in [2.75, 3.05) is 0 Å². The molecule has 0 radical (unpaired) electrons. The number of halogens is 2. The summed E-state index contributed by atoms with van der Waals surface area (Å²) in [6, 6.07) is 6.13. The summed E-state index contributed by atoms with van der Waals surface area (Å²) in [6.07, 6.45) is -0.955. The molecule has 0 saturated heterocycles. The van der Waals surface area contributed by atoms with Crippen LogP contribution in [0.1, 0.15) is 29.5 Å². The molecule has 3 heteroatoms. The highest BCUT2D eigenvalue weighted by Crippen LogP contribution is 2.24. The van der Waals surface area contributed by atoms with Gasteiger partial charge in [-0.25, -0.2) is 8.78 Å². The summed E-state index contributed by atoms with van der Waals surface area (Å²) in [5.41, 5.74) is 4.42. The monoisotopic (exact) mass is 223 g/mol. The maximum atomic E-state index is 12.0. The predicted molar refractivity (Wildman–Crippen MR) is 61.3 cm³/mol. The zero-order valence-electron chi connectivity index (χ0n) is 9.10. The molecule has 1 aliphatic rings. The maximum Gasteiger partial charge on any atom is 0.238 e. The minimum atomic E-state index is -2.19. The Bertz CT molecular complexity index is 399. The van der Waals surface area contributed by atoms with Crippen LogP contribution in [0.15, 0.2) is 24.8 Å². The lowest BCUT2D eigenvalue weighted by Crippen LogP contribution is -1.98. The van der Waals surface area contributed by atoms with Crippen molar-refractivity contribution in [1.82, 2.24) is 5.32 Å². The third kappa shape index (κ3) is 2.40. The van der Waals surface area contributed by atoms with E-state index >= 15 is 0 Å². The van der Waals surface area contributed by atoms with Gasteiger partial charge in [-0.2, -0.15) is 0 Å². The van der Waals surface area contributed by atoms with E-state index < -0.39 is 6.43 Å². The molecule has 1 aromatic carbocycles. The van der Waals surface area contributed by atoms with Gasteiger partial charge in [-0.1, -0.05) is 18.7 Å². The van der Waals surface area contributed by atoms with Gasteiger partial charge in [-0.05, 0) is 30.0 Å². The average Bonchev–Trinajstić information content (AvgIpc) is 2.60. The fourth-order valence-corrected chi connectivity index (χ4v) is 1.97. The van der Waals surface area contributed by atoms with E-state index in [4.69, 9.17) is 0 Å². The van der Waals surface area contributed by atoms with Crippen molar-refractivity contribution in [2.24, 2.45) is 0 Å². The highest BCUT2D eigenvalue weighted by molar-refractivity contribution is 5.69. The van der Waals surface area contributed by atoms with Gasteiger partial charge in [0.25, 0.3) is 0 Å². The Morgan fingerprint density at radius 2 is 2.19 bits per heavy atom. The van der Waals surface area contributed by atoms with Crippen LogP contribution in [0.5, 0.6) is 0 Å². The first-order chi connectivity index (χ1) is 7.66. The first-order valence-electron chi connectivity index (χ1n) is 5.50. The normalized spacial score (nSPS) is 14.1. The molecule has 2 rings (SSSR count). The number of alkyl halides is 2. The smallest absolute Gasteiger partial charge is 0.238 e. The summed E-state index contributed by atoms with van der Waals surface area (Å²) in [5.74, 6) is 0. The molecule has 1 nitrogen and oxygen atoms in total. The van der Waals surface area contributed by atoms with E-state index in [0.29, 0.717) is 12.8 Å². The van der Waals surface area contributed by atoms with Crippen LogP contribution < -0.4 is 5.32 Å². The molecule has 0 bridgehead atoms. The molecule has 16 heavy (non-hydrogen) atoms. The third-order valence-corrected chi connectivity index (χ3v) is 2.88. The number of nitrogens with one attached hydrogen (secondary N) is 1. The van der Waals surface area contributed by atoms with Crippen LogP contribution in [0.25, 0.3) is 5.70 Å². The summed E-state index contributed by atoms with van der Waals surface area (Å²) < 4.78 is 24.0. The predicted octanol–water partition coefficient (Wildman–Crippen LogP) is 3.35. The van der Waals surface area contributed by atoms with Gasteiger partial charge in [-0.15, -0.1) is 0 Å². The van der Waals surface area contributed by atoms with E-state index in [-0.39, 0.29) is 6.42 Å². The number of fused-ring (bicyclic) bond motifs is 1. The van der Waals surface area contributed by atoms with Crippen LogP contribution in [-0.2, 0) is 13.0 Å². The van der Waals surface area contributed by atoms with Crippen molar-refractivity contribution < 1.29 is 8.78 Å². The molecule has 86 valence electrons. The van der Waals surface area contributed by atoms with Crippen LogP contribution >= 0.6 is 0 Å². The van der Waals surface area contributed by atoms with Crippen molar-refractivity contribution in [3.8, 4) is 0 Å². The van der Waals surface area contributed by atoms with Crippen molar-refractivity contribution >= 4 is 5.70 Å². The van der Waals surface area contributed by atoms with Gasteiger partial charge in [0.1, 0.15) is 0 Å². The first kappa shape index (κ1) is 11.1. The van der Waals surface area contributed by atoms with Crippen molar-refractivity contribution in [3.63, 3.8) is 0 Å². The SMILES string of the molecule is C=C1NCc2ccc(CCCC(F)F)cc21. The molecule has 0 aromatic heterocycles. The number of rotatable bonds is 4. The second-order valence-electron chi connectivity index (χ2n) is 4.11. The highest BCUT2D eigenvalue weighted by Gasteiger charge is 2.13. The standard InChI is InChI=1S/C13H15F2N/c1-9-12-7-10(3-2-4-13(14)15)5-6-11(12)8-16-9/h5-7,13,16H,1-4,8H2. The van der Waals surface area contributed by atoms with E-state index in [9.17, 15) is 8.78 Å². The lowest BCUT2D eigenvalue weighted by molar-refractivity contribution is 0.135. The molecule has 0 fully saturated rings. The topological polar surface area (TPSA) is 12.0 Å². The minimum absolute atomic E-state index is 0.0176. The summed E-state index contributed by atoms with van der Waals surface area (Å²) in [5, 5.41) is 3.17. The Kier molecular flexibility index (Phi) is 3.22. The Hall–Kier alpha value is -1.38. The zero-order chi connectivity index (χ0) is 11.5. The van der Waals surface area contributed by atoms with Crippen LogP contribution in [0, 0.1) is 0 Å². The number of aryl methyl sites for hydroxylation is 1. The largest absolute Gasteiger partial charge is 0.381 e. The Balaban J connectivity index is 2.01. The molecular formula is C13H15F2N. The van der Waals surface area contributed by atoms with Crippen LogP contribution in [-0.4, -0.2) is 6.43 Å². The number of hydrogen-bond donors (Lipinski definition) is 1. The summed E-state index contributed by atoms with van der Waals surface area (Å²) in [7, 11) is 0. The van der Waals surface area contributed by atoms with Crippen molar-refractivity contribution in [3.05, 3.63) is 41.5 Å². The van der Waals surface area contributed by atoms with Crippen LogP contribution in [0.3, 0.4) is 0 Å². The molecule has 1 N–H and O–H groups in total. The molecule has 0 aliphatic carbocycles. The second kappa shape index (κ2) is 4.64.